The lowest BCUT2D eigenvalue weighted by atomic mass is 9.96. The zero-order chi connectivity index (χ0) is 29.7. The van der Waals surface area contributed by atoms with Crippen molar-refractivity contribution in [2.75, 3.05) is 6.54 Å². The second kappa shape index (κ2) is 12.7. The summed E-state index contributed by atoms with van der Waals surface area (Å²) in [6.07, 6.45) is -6.56. The molecule has 11 heteroatoms. The third-order valence-electron chi connectivity index (χ3n) is 6.70. The molecule has 0 bridgehead atoms. The van der Waals surface area contributed by atoms with Crippen LogP contribution in [0.1, 0.15) is 34.6 Å². The van der Waals surface area contributed by atoms with Gasteiger partial charge in [-0.3, -0.25) is 24.2 Å². The number of carbonyl (C=O) groups excluding carboxylic acids is 3. The highest BCUT2D eigenvalue weighted by Crippen LogP contribution is 2.32. The van der Waals surface area contributed by atoms with Crippen LogP contribution in [0, 0.1) is 5.92 Å². The van der Waals surface area contributed by atoms with E-state index < -0.39 is 42.7 Å². The normalized spacial score (nSPS) is 17.3. The van der Waals surface area contributed by atoms with Crippen molar-refractivity contribution in [1.82, 2.24) is 15.1 Å². The zero-order valence-corrected chi connectivity index (χ0v) is 23.2. The molecule has 2 N–H and O–H groups in total. The van der Waals surface area contributed by atoms with E-state index in [1.807, 2.05) is 0 Å². The number of rotatable bonds is 9. The van der Waals surface area contributed by atoms with Gasteiger partial charge in [0, 0.05) is 6.20 Å². The van der Waals surface area contributed by atoms with Gasteiger partial charge in [0.05, 0.1) is 16.6 Å². The minimum Gasteiger partial charge on any atom is -0.382 e. The minimum absolute atomic E-state index is 0.253. The third kappa shape index (κ3) is 7.04. The molecule has 216 valence electrons. The monoisotopic (exact) mass is 585 g/mol. The summed E-state index contributed by atoms with van der Waals surface area (Å²) in [7, 11) is 0. The van der Waals surface area contributed by atoms with Crippen LogP contribution < -0.4 is 5.32 Å². The minimum atomic E-state index is -4.98. The van der Waals surface area contributed by atoms with E-state index in [-0.39, 0.29) is 23.9 Å². The Morgan fingerprint density at radius 1 is 1.00 bits per heavy atom. The first-order chi connectivity index (χ1) is 19.5. The van der Waals surface area contributed by atoms with Gasteiger partial charge in [0.1, 0.15) is 12.6 Å². The van der Waals surface area contributed by atoms with E-state index in [0.29, 0.717) is 16.0 Å². The van der Waals surface area contributed by atoms with E-state index in [9.17, 15) is 32.7 Å². The number of carbonyl (C=O) groups is 3. The molecule has 0 saturated heterocycles. The van der Waals surface area contributed by atoms with E-state index in [4.69, 9.17) is 0 Å². The van der Waals surface area contributed by atoms with Crippen LogP contribution in [0.5, 0.6) is 0 Å². The first kappa shape index (κ1) is 30.0. The quantitative estimate of drug-likeness (QED) is 0.381. The summed E-state index contributed by atoms with van der Waals surface area (Å²) >= 11 is 1.24. The van der Waals surface area contributed by atoms with Gasteiger partial charge < -0.3 is 10.4 Å². The predicted octanol–water partition coefficient (Wildman–Crippen LogP) is 4.71. The molecule has 3 atom stereocenters. The van der Waals surface area contributed by atoms with Crippen LogP contribution in [0.2, 0.25) is 0 Å². The molecule has 7 nitrogen and oxygen atoms in total. The van der Waals surface area contributed by atoms with Crippen LogP contribution in [0.4, 0.5) is 13.2 Å². The molecule has 0 fully saturated rings. The van der Waals surface area contributed by atoms with Gasteiger partial charge in [0.25, 0.3) is 11.8 Å². The Morgan fingerprint density at radius 3 is 2.20 bits per heavy atom. The maximum atomic E-state index is 13.9. The molecule has 0 radical (unpaired) electrons. The number of nitrogens with zero attached hydrogens (tertiary/aromatic N) is 2. The molecular formula is C30H30F3N3O4S. The maximum absolute atomic E-state index is 13.9. The van der Waals surface area contributed by atoms with Gasteiger partial charge in [-0.15, -0.1) is 11.3 Å². The van der Waals surface area contributed by atoms with Crippen LogP contribution in [0.3, 0.4) is 0 Å². The van der Waals surface area contributed by atoms with Gasteiger partial charge in [0.2, 0.25) is 5.91 Å². The summed E-state index contributed by atoms with van der Waals surface area (Å²) in [6, 6.07) is 17.6. The molecule has 2 aromatic carbocycles. The van der Waals surface area contributed by atoms with Crippen molar-refractivity contribution in [3.05, 3.63) is 100 Å². The molecular weight excluding hydrogens is 555 g/mol. The lowest BCUT2D eigenvalue weighted by Gasteiger charge is -2.41. The number of aliphatic hydroxyl groups excluding tert-OH is 1. The Balaban J connectivity index is 1.67. The standard InChI is InChI=1S/C30H30F3N3O4S/c1-19(2)26-29(40)35(18-25(37)34-22(27(38)30(31,32)33)16-20-10-5-3-6-11-20)23(21-12-7-4-8-13-21)17-36(26)28(39)24-14-9-15-41-24/h3-15,17,19,22,26-27,38H,16,18H2,1-2H3,(H,34,37). The molecule has 1 aliphatic heterocycles. The number of halogens is 3. The van der Waals surface area contributed by atoms with Crippen molar-refractivity contribution < 1.29 is 32.7 Å². The highest BCUT2D eigenvalue weighted by molar-refractivity contribution is 7.12. The maximum Gasteiger partial charge on any atom is 0.416 e. The van der Waals surface area contributed by atoms with Gasteiger partial charge >= 0.3 is 6.18 Å². The van der Waals surface area contributed by atoms with E-state index in [1.54, 1.807) is 92.0 Å². The van der Waals surface area contributed by atoms with E-state index in [2.05, 4.69) is 5.32 Å². The Kier molecular flexibility index (Phi) is 9.29. The SMILES string of the molecule is CC(C)C1C(=O)N(CC(=O)NC(Cc2ccccc2)C(O)C(F)(F)F)C(c2ccccc2)=CN1C(=O)c1cccs1. The van der Waals surface area contributed by atoms with E-state index in [1.165, 1.54) is 27.3 Å². The topological polar surface area (TPSA) is 89.9 Å². The van der Waals surface area contributed by atoms with Crippen molar-refractivity contribution in [2.24, 2.45) is 5.92 Å². The number of hydrogen-bond donors (Lipinski definition) is 2. The zero-order valence-electron chi connectivity index (χ0n) is 22.4. The first-order valence-corrected chi connectivity index (χ1v) is 13.9. The lowest BCUT2D eigenvalue weighted by Crippen LogP contribution is -2.57. The van der Waals surface area contributed by atoms with Gasteiger partial charge in [-0.2, -0.15) is 13.2 Å². The lowest BCUT2D eigenvalue weighted by molar-refractivity contribution is -0.212. The molecule has 0 saturated carbocycles. The first-order valence-electron chi connectivity index (χ1n) is 13.0. The summed E-state index contributed by atoms with van der Waals surface area (Å²) in [5.41, 5.74) is 1.28. The van der Waals surface area contributed by atoms with Crippen LogP contribution in [0.15, 0.2) is 84.4 Å². The molecule has 0 spiro atoms. The highest BCUT2D eigenvalue weighted by Gasteiger charge is 2.45. The Labute approximate surface area is 239 Å². The average Bonchev–Trinajstić information content (AvgIpc) is 3.48. The number of benzene rings is 2. The third-order valence-corrected chi connectivity index (χ3v) is 7.56. The second-order valence-corrected chi connectivity index (χ2v) is 11.0. The molecule has 1 aliphatic rings. The van der Waals surface area contributed by atoms with Crippen molar-refractivity contribution in [3.63, 3.8) is 0 Å². The van der Waals surface area contributed by atoms with Crippen molar-refractivity contribution in [1.29, 1.82) is 0 Å². The largest absolute Gasteiger partial charge is 0.416 e. The number of nitrogens with one attached hydrogen (secondary N) is 1. The molecule has 4 rings (SSSR count). The van der Waals surface area contributed by atoms with Crippen molar-refractivity contribution in [3.8, 4) is 0 Å². The molecule has 41 heavy (non-hydrogen) atoms. The molecule has 3 amide bonds. The second-order valence-electron chi connectivity index (χ2n) is 10.0. The Morgan fingerprint density at radius 2 is 1.63 bits per heavy atom. The summed E-state index contributed by atoms with van der Waals surface area (Å²) in [4.78, 5) is 43.6. The summed E-state index contributed by atoms with van der Waals surface area (Å²) in [5.74, 6) is -2.15. The summed E-state index contributed by atoms with van der Waals surface area (Å²) < 4.78 is 40.6. The fourth-order valence-corrected chi connectivity index (χ4v) is 5.40. The van der Waals surface area contributed by atoms with Gasteiger partial charge in [-0.25, -0.2) is 0 Å². The number of amides is 3. The molecule has 1 aromatic heterocycles. The Bertz CT molecular complexity index is 1380. The van der Waals surface area contributed by atoms with E-state index in [0.717, 1.165) is 0 Å². The fraction of sp³-hybridized carbons (Fsp3) is 0.300. The average molecular weight is 586 g/mol. The van der Waals surface area contributed by atoms with Crippen LogP contribution in [-0.2, 0) is 16.0 Å². The van der Waals surface area contributed by atoms with Gasteiger partial charge in [-0.05, 0) is 34.9 Å². The van der Waals surface area contributed by atoms with Crippen LogP contribution in [-0.4, -0.2) is 63.5 Å². The predicted molar refractivity (Wildman–Crippen MR) is 149 cm³/mol. The Hall–Kier alpha value is -3.96. The van der Waals surface area contributed by atoms with Gasteiger partial charge in [-0.1, -0.05) is 80.6 Å². The molecule has 3 aromatic rings. The number of hydrogen-bond acceptors (Lipinski definition) is 5. The number of thiophene rings is 1. The van der Waals surface area contributed by atoms with Crippen LogP contribution in [0.25, 0.3) is 5.70 Å². The molecule has 0 aliphatic carbocycles. The highest BCUT2D eigenvalue weighted by atomic mass is 32.1. The van der Waals surface area contributed by atoms with Gasteiger partial charge in [0.15, 0.2) is 6.10 Å². The number of aliphatic hydroxyl groups is 1. The number of alkyl halides is 3. The van der Waals surface area contributed by atoms with E-state index >= 15 is 0 Å². The fourth-order valence-electron chi connectivity index (χ4n) is 4.73. The molecule has 2 heterocycles. The van der Waals surface area contributed by atoms with Crippen molar-refractivity contribution >= 4 is 34.8 Å². The summed E-state index contributed by atoms with van der Waals surface area (Å²) in [6.45, 7) is 2.93. The molecule has 3 unspecified atom stereocenters. The van der Waals surface area contributed by atoms with Crippen molar-refractivity contribution in [2.45, 2.75) is 44.6 Å². The summed E-state index contributed by atoms with van der Waals surface area (Å²) in [5, 5.41) is 14.1. The van der Waals surface area contributed by atoms with Crippen LogP contribution >= 0.6 is 11.3 Å². The smallest absolute Gasteiger partial charge is 0.382 e.